The third kappa shape index (κ3) is 7.00. The zero-order valence-electron chi connectivity index (χ0n) is 11.8. The Hall–Kier alpha value is -0.189. The van der Waals surface area contributed by atoms with Gasteiger partial charge in [0.15, 0.2) is 5.75 Å². The Kier molecular flexibility index (Phi) is 10.7. The molecule has 6 heteroatoms. The first-order chi connectivity index (χ1) is 8.04. The second-order valence-corrected chi connectivity index (χ2v) is 9.34. The topological polar surface area (TPSA) is 18.5 Å². The molecule has 0 aromatic heterocycles. The maximum atomic E-state index is 5.99. The second-order valence-electron chi connectivity index (χ2n) is 4.91. The van der Waals surface area contributed by atoms with Crippen molar-refractivity contribution in [2.45, 2.75) is 26.1 Å². The Morgan fingerprint density at radius 1 is 1.05 bits per heavy atom. The van der Waals surface area contributed by atoms with Crippen molar-refractivity contribution < 1.29 is 30.9 Å². The van der Waals surface area contributed by atoms with E-state index in [9.17, 15) is 0 Å². The molecule has 0 bridgehead atoms. The first-order valence-corrected chi connectivity index (χ1v) is 9.19. The number of ether oxygens (including phenoxy) is 1. The van der Waals surface area contributed by atoms with Crippen molar-refractivity contribution in [1.29, 1.82) is 0 Å². The van der Waals surface area contributed by atoms with Gasteiger partial charge in [0.25, 0.3) is 0 Å². The fourth-order valence-electron chi connectivity index (χ4n) is 1.52. The van der Waals surface area contributed by atoms with E-state index in [-0.39, 0.29) is 46.5 Å². The van der Waals surface area contributed by atoms with E-state index in [1.165, 1.54) is 0 Å². The first-order valence-electron chi connectivity index (χ1n) is 5.78. The third-order valence-electron chi connectivity index (χ3n) is 2.15. The van der Waals surface area contributed by atoms with Crippen LogP contribution in [-0.4, -0.2) is 8.32 Å². The van der Waals surface area contributed by atoms with Gasteiger partial charge in [-0.1, -0.05) is 12.1 Å². The van der Waals surface area contributed by atoms with E-state index in [4.69, 9.17) is 9.16 Å². The minimum Gasteiger partial charge on any atom is -0.542 e. The molecular formula is C14H19Cl2O2SiTi-. The van der Waals surface area contributed by atoms with Crippen LogP contribution in [0.15, 0.2) is 42.2 Å². The number of para-hydroxylation sites is 2. The van der Waals surface area contributed by atoms with Crippen LogP contribution in [0.1, 0.15) is 6.42 Å². The van der Waals surface area contributed by atoms with Gasteiger partial charge in [-0.2, -0.15) is 12.2 Å². The average Bonchev–Trinajstić information content (AvgIpc) is 2.71. The number of benzene rings is 1. The van der Waals surface area contributed by atoms with Gasteiger partial charge in [-0.3, -0.25) is 0 Å². The van der Waals surface area contributed by atoms with Gasteiger partial charge >= 0.3 is 0 Å². The number of rotatable bonds is 4. The van der Waals surface area contributed by atoms with E-state index in [0.717, 1.165) is 23.7 Å². The maximum Gasteiger partial charge on any atom is 0.242 e. The molecule has 0 spiro atoms. The van der Waals surface area contributed by atoms with E-state index in [1.807, 2.05) is 36.4 Å². The third-order valence-corrected chi connectivity index (χ3v) is 2.98. The Labute approximate surface area is 149 Å². The van der Waals surface area contributed by atoms with Crippen molar-refractivity contribution in [2.24, 2.45) is 0 Å². The molecule has 1 aliphatic carbocycles. The van der Waals surface area contributed by atoms with Gasteiger partial charge in [-0.25, -0.2) is 6.08 Å². The summed E-state index contributed by atoms with van der Waals surface area (Å²) < 4.78 is 11.8. The Morgan fingerprint density at radius 3 is 2.15 bits per heavy atom. The summed E-state index contributed by atoms with van der Waals surface area (Å²) in [6.45, 7) is 6.47. The summed E-state index contributed by atoms with van der Waals surface area (Å²) in [4.78, 5) is 0. The smallest absolute Gasteiger partial charge is 0.242 e. The number of hydrogen-bond donors (Lipinski definition) is 0. The van der Waals surface area contributed by atoms with Gasteiger partial charge in [-0.05, 0) is 37.5 Å². The summed E-state index contributed by atoms with van der Waals surface area (Å²) in [6, 6.07) is 7.79. The predicted molar refractivity (Wildman–Crippen MR) is 86.1 cm³/mol. The molecule has 2 rings (SSSR count). The zero-order chi connectivity index (χ0) is 12.3. The molecule has 0 aliphatic heterocycles. The summed E-state index contributed by atoms with van der Waals surface area (Å²) >= 11 is 0. The molecule has 1 aromatic rings. The number of halogens is 2. The molecule has 110 valence electrons. The van der Waals surface area contributed by atoms with Crippen LogP contribution in [0.3, 0.4) is 0 Å². The minimum atomic E-state index is -1.61. The van der Waals surface area contributed by atoms with Gasteiger partial charge in [-0.15, -0.1) is 31.2 Å². The van der Waals surface area contributed by atoms with Crippen LogP contribution in [-0.2, 0) is 21.7 Å². The summed E-state index contributed by atoms with van der Waals surface area (Å²) in [7, 11) is -1.61. The quantitative estimate of drug-likeness (QED) is 0.565. The van der Waals surface area contributed by atoms with Crippen LogP contribution in [0.2, 0.25) is 19.6 Å². The van der Waals surface area contributed by atoms with Gasteiger partial charge in [0, 0.05) is 21.7 Å². The van der Waals surface area contributed by atoms with Crippen LogP contribution >= 0.6 is 24.8 Å². The standard InChI is InChI=1S/C14H17O2Si.2ClH.Ti/c1-17(2,3)16-14-11-7-6-10-13(14)15-12-8-4-5-9-12;;;/h4,6-8,10-11H,5H2,1-3H3;2*1H;/q-1;;;. The van der Waals surface area contributed by atoms with E-state index in [0.29, 0.717) is 0 Å². The van der Waals surface area contributed by atoms with E-state index < -0.39 is 8.32 Å². The largest absolute Gasteiger partial charge is 0.542 e. The summed E-state index contributed by atoms with van der Waals surface area (Å²) in [5.74, 6) is 2.36. The van der Waals surface area contributed by atoms with Crippen molar-refractivity contribution in [1.82, 2.24) is 0 Å². The molecule has 0 amide bonds. The minimum absolute atomic E-state index is 0. The van der Waals surface area contributed by atoms with Crippen LogP contribution in [0.4, 0.5) is 0 Å². The van der Waals surface area contributed by atoms with Crippen molar-refractivity contribution in [3.63, 3.8) is 0 Å². The molecule has 20 heavy (non-hydrogen) atoms. The molecule has 0 heterocycles. The van der Waals surface area contributed by atoms with Crippen molar-refractivity contribution >= 4 is 33.1 Å². The van der Waals surface area contributed by atoms with Gasteiger partial charge < -0.3 is 9.16 Å². The molecule has 0 fully saturated rings. The molecule has 0 unspecified atom stereocenters. The summed E-state index contributed by atoms with van der Waals surface area (Å²) in [6.07, 6.45) is 7.92. The van der Waals surface area contributed by atoms with Crippen molar-refractivity contribution in [2.75, 3.05) is 0 Å². The van der Waals surface area contributed by atoms with E-state index in [1.54, 1.807) is 0 Å². The van der Waals surface area contributed by atoms with Crippen LogP contribution in [0.25, 0.3) is 0 Å². The molecule has 0 saturated carbocycles. The second kappa shape index (κ2) is 9.69. The van der Waals surface area contributed by atoms with Crippen LogP contribution < -0.4 is 9.16 Å². The predicted octanol–water partition coefficient (Wildman–Crippen LogP) is 4.77. The Morgan fingerprint density at radius 2 is 1.65 bits per heavy atom. The SMILES string of the molecule is C[Si](C)(C)Oc1ccccc1OC1=[C-]CC=C1.Cl.Cl.[Ti]. The number of hydrogen-bond acceptors (Lipinski definition) is 2. The monoisotopic (exact) mass is 365 g/mol. The molecule has 0 N–H and O–H groups in total. The van der Waals surface area contributed by atoms with E-state index >= 15 is 0 Å². The maximum absolute atomic E-state index is 5.99. The fraction of sp³-hybridized carbons (Fsp3) is 0.286. The fourth-order valence-corrected chi connectivity index (χ4v) is 2.35. The molecule has 1 aromatic carbocycles. The zero-order valence-corrected chi connectivity index (χ0v) is 16.0. The molecular weight excluding hydrogens is 347 g/mol. The van der Waals surface area contributed by atoms with Crippen LogP contribution in [0.5, 0.6) is 11.5 Å². The van der Waals surface area contributed by atoms with Gasteiger partial charge in [0.05, 0.1) is 0 Å². The average molecular weight is 366 g/mol. The van der Waals surface area contributed by atoms with Gasteiger partial charge in [0.1, 0.15) is 5.75 Å². The number of allylic oxidation sites excluding steroid dienone is 3. The normalized spacial score (nSPS) is 12.4. The van der Waals surface area contributed by atoms with Crippen molar-refractivity contribution in [3.8, 4) is 11.5 Å². The Bertz CT molecular complexity index is 470. The van der Waals surface area contributed by atoms with Crippen molar-refractivity contribution in [3.05, 3.63) is 48.3 Å². The first kappa shape index (κ1) is 22.1. The van der Waals surface area contributed by atoms with E-state index in [2.05, 4.69) is 25.7 Å². The van der Waals surface area contributed by atoms with Gasteiger partial charge in [0.2, 0.25) is 8.32 Å². The Balaban J connectivity index is 0. The molecule has 2 nitrogen and oxygen atoms in total. The molecule has 0 atom stereocenters. The summed E-state index contributed by atoms with van der Waals surface area (Å²) in [5, 5.41) is 0. The molecule has 1 aliphatic rings. The molecule has 0 saturated heterocycles. The van der Waals surface area contributed by atoms with Crippen LogP contribution in [0, 0.1) is 6.08 Å². The molecule has 0 radical (unpaired) electrons. The summed E-state index contributed by atoms with van der Waals surface area (Å²) in [5.41, 5.74) is 0.